The molecule has 27 heavy (non-hydrogen) atoms. The van der Waals surface area contributed by atoms with Gasteiger partial charge in [0.1, 0.15) is 5.75 Å². The lowest BCUT2D eigenvalue weighted by Gasteiger charge is -2.31. The Kier molecular flexibility index (Phi) is 6.28. The first-order valence-electron chi connectivity index (χ1n) is 8.24. The molecule has 0 aliphatic rings. The number of aromatic hydroxyl groups is 1. The van der Waals surface area contributed by atoms with Crippen LogP contribution >= 0.6 is 0 Å². The monoisotopic (exact) mass is 373 g/mol. The van der Waals surface area contributed by atoms with Crippen LogP contribution in [0, 0.1) is 0 Å². The molecule has 7 heteroatoms. The summed E-state index contributed by atoms with van der Waals surface area (Å²) < 4.78 is 15.1. The Hall–Kier alpha value is -3.22. The highest BCUT2D eigenvalue weighted by atomic mass is 16.5. The molecular weight excluding hydrogens is 350 g/mol. The number of ether oxygens (including phenoxy) is 3. The molecule has 0 aliphatic heterocycles. The van der Waals surface area contributed by atoms with Crippen molar-refractivity contribution in [3.05, 3.63) is 53.6 Å². The molecule has 2 aromatic rings. The lowest BCUT2D eigenvalue weighted by atomic mass is 9.88. The Morgan fingerprint density at radius 2 is 1.78 bits per heavy atom. The van der Waals surface area contributed by atoms with Gasteiger partial charge in [0.05, 0.1) is 38.9 Å². The van der Waals surface area contributed by atoms with Crippen molar-refractivity contribution in [1.82, 2.24) is 5.32 Å². The highest BCUT2D eigenvalue weighted by molar-refractivity contribution is 5.98. The standard InChI is InChI=1S/C20H23NO6/c1-20(12-17(22)27-4,13-7-5-8-14(11-13)25-2)21-19(24)15-9-6-10-16(26-3)18(15)23/h5-11,23H,12H2,1-4H3,(H,21,24). The van der Waals surface area contributed by atoms with E-state index in [0.29, 0.717) is 11.3 Å². The smallest absolute Gasteiger partial charge is 0.308 e. The van der Waals surface area contributed by atoms with Gasteiger partial charge < -0.3 is 24.6 Å². The summed E-state index contributed by atoms with van der Waals surface area (Å²) in [4.78, 5) is 24.8. The molecule has 0 spiro atoms. The molecule has 1 unspecified atom stereocenters. The van der Waals surface area contributed by atoms with Crippen molar-refractivity contribution >= 4 is 11.9 Å². The van der Waals surface area contributed by atoms with Crippen LogP contribution in [0.5, 0.6) is 17.2 Å². The average molecular weight is 373 g/mol. The maximum absolute atomic E-state index is 12.8. The largest absolute Gasteiger partial charge is 0.504 e. The van der Waals surface area contributed by atoms with Gasteiger partial charge >= 0.3 is 5.97 Å². The molecule has 0 fully saturated rings. The van der Waals surface area contributed by atoms with E-state index in [4.69, 9.17) is 14.2 Å². The van der Waals surface area contributed by atoms with E-state index in [2.05, 4.69) is 5.32 Å². The number of methoxy groups -OCH3 is 3. The van der Waals surface area contributed by atoms with E-state index in [9.17, 15) is 14.7 Å². The van der Waals surface area contributed by atoms with Crippen molar-refractivity contribution in [2.45, 2.75) is 18.9 Å². The first-order chi connectivity index (χ1) is 12.8. The molecular formula is C20H23NO6. The molecule has 2 rings (SSSR count). The summed E-state index contributed by atoms with van der Waals surface area (Å²) in [5.41, 5.74) is -0.398. The van der Waals surface area contributed by atoms with Gasteiger partial charge in [0, 0.05) is 0 Å². The summed E-state index contributed by atoms with van der Waals surface area (Å²) >= 11 is 0. The first-order valence-corrected chi connectivity index (χ1v) is 8.24. The third kappa shape index (κ3) is 4.49. The van der Waals surface area contributed by atoms with Crippen LogP contribution in [0.25, 0.3) is 0 Å². The van der Waals surface area contributed by atoms with Crippen molar-refractivity contribution in [2.24, 2.45) is 0 Å². The Morgan fingerprint density at radius 1 is 1.07 bits per heavy atom. The zero-order valence-corrected chi connectivity index (χ0v) is 15.7. The fourth-order valence-corrected chi connectivity index (χ4v) is 2.73. The van der Waals surface area contributed by atoms with E-state index in [1.54, 1.807) is 43.3 Å². The zero-order valence-electron chi connectivity index (χ0n) is 15.7. The lowest BCUT2D eigenvalue weighted by molar-refractivity contribution is -0.142. The van der Waals surface area contributed by atoms with Crippen LogP contribution in [0.4, 0.5) is 0 Å². The van der Waals surface area contributed by atoms with Crippen LogP contribution in [0.15, 0.2) is 42.5 Å². The molecule has 0 saturated carbocycles. The molecule has 1 amide bonds. The number of carbonyl (C=O) groups excluding carboxylic acids is 2. The van der Waals surface area contributed by atoms with Gasteiger partial charge in [-0.1, -0.05) is 18.2 Å². The topological polar surface area (TPSA) is 94.1 Å². The molecule has 144 valence electrons. The average Bonchev–Trinajstić information content (AvgIpc) is 2.67. The van der Waals surface area contributed by atoms with E-state index in [-0.39, 0.29) is 23.5 Å². The molecule has 1 atom stereocenters. The predicted molar refractivity (Wildman–Crippen MR) is 99.1 cm³/mol. The number of esters is 1. The minimum Gasteiger partial charge on any atom is -0.504 e. The molecule has 0 saturated heterocycles. The molecule has 0 radical (unpaired) electrons. The number of para-hydroxylation sites is 1. The first kappa shape index (κ1) is 20.1. The summed E-state index contributed by atoms with van der Waals surface area (Å²) in [5, 5.41) is 13.1. The van der Waals surface area contributed by atoms with E-state index in [0.717, 1.165) is 0 Å². The van der Waals surface area contributed by atoms with Gasteiger partial charge in [0.15, 0.2) is 11.5 Å². The number of phenolic OH excluding ortho intramolecular Hbond substituents is 1. The van der Waals surface area contributed by atoms with Gasteiger partial charge in [-0.15, -0.1) is 0 Å². The van der Waals surface area contributed by atoms with Crippen LogP contribution in [0.2, 0.25) is 0 Å². The SMILES string of the molecule is COC(=O)CC(C)(NC(=O)c1cccc(OC)c1O)c1cccc(OC)c1. The summed E-state index contributed by atoms with van der Waals surface area (Å²) in [7, 11) is 4.21. The Morgan fingerprint density at radius 3 is 2.41 bits per heavy atom. The van der Waals surface area contributed by atoms with E-state index in [1.807, 2.05) is 0 Å². The Bertz CT molecular complexity index is 835. The second-order valence-corrected chi connectivity index (χ2v) is 6.13. The molecule has 0 bridgehead atoms. The van der Waals surface area contributed by atoms with Crippen LogP contribution in [0.3, 0.4) is 0 Å². The van der Waals surface area contributed by atoms with Crippen molar-refractivity contribution < 1.29 is 28.9 Å². The molecule has 2 N–H and O–H groups in total. The van der Waals surface area contributed by atoms with Crippen molar-refractivity contribution in [2.75, 3.05) is 21.3 Å². The van der Waals surface area contributed by atoms with Crippen molar-refractivity contribution in [3.8, 4) is 17.2 Å². The number of benzene rings is 2. The van der Waals surface area contributed by atoms with Gasteiger partial charge in [0.2, 0.25) is 0 Å². The van der Waals surface area contributed by atoms with Crippen molar-refractivity contribution in [1.29, 1.82) is 0 Å². The highest BCUT2D eigenvalue weighted by Gasteiger charge is 2.33. The van der Waals surface area contributed by atoms with E-state index < -0.39 is 17.4 Å². The van der Waals surface area contributed by atoms with E-state index >= 15 is 0 Å². The maximum atomic E-state index is 12.8. The second kappa shape index (κ2) is 8.44. The van der Waals surface area contributed by atoms with E-state index in [1.165, 1.54) is 27.4 Å². The van der Waals surface area contributed by atoms with Gasteiger partial charge in [-0.05, 0) is 36.8 Å². The van der Waals surface area contributed by atoms with Crippen LogP contribution in [-0.2, 0) is 15.1 Å². The number of carbonyl (C=O) groups is 2. The molecule has 0 heterocycles. The Labute approximate surface area is 157 Å². The van der Waals surface area contributed by atoms with Gasteiger partial charge in [-0.25, -0.2) is 0 Å². The molecule has 2 aromatic carbocycles. The number of hydrogen-bond acceptors (Lipinski definition) is 6. The quantitative estimate of drug-likeness (QED) is 0.725. The number of rotatable bonds is 7. The summed E-state index contributed by atoms with van der Waals surface area (Å²) in [6.45, 7) is 1.70. The number of phenols is 1. The fourth-order valence-electron chi connectivity index (χ4n) is 2.73. The summed E-state index contributed by atoms with van der Waals surface area (Å²) in [6.07, 6.45) is -0.104. The molecule has 0 aromatic heterocycles. The third-order valence-corrected chi connectivity index (χ3v) is 4.29. The Balaban J connectivity index is 2.42. The number of hydrogen-bond donors (Lipinski definition) is 2. The maximum Gasteiger partial charge on any atom is 0.308 e. The number of amides is 1. The normalized spacial score (nSPS) is 12.6. The lowest BCUT2D eigenvalue weighted by Crippen LogP contribution is -2.45. The van der Waals surface area contributed by atoms with Gasteiger partial charge in [-0.2, -0.15) is 0 Å². The highest BCUT2D eigenvalue weighted by Crippen LogP contribution is 2.32. The minimum absolute atomic E-state index is 0.0355. The predicted octanol–water partition coefficient (Wildman–Crippen LogP) is 2.62. The molecule has 0 aliphatic carbocycles. The second-order valence-electron chi connectivity index (χ2n) is 6.13. The third-order valence-electron chi connectivity index (χ3n) is 4.29. The molecule has 7 nitrogen and oxygen atoms in total. The van der Waals surface area contributed by atoms with Crippen LogP contribution in [0.1, 0.15) is 29.3 Å². The van der Waals surface area contributed by atoms with Gasteiger partial charge in [-0.3, -0.25) is 9.59 Å². The summed E-state index contributed by atoms with van der Waals surface area (Å²) in [5.74, 6) is -0.555. The number of nitrogens with one attached hydrogen (secondary N) is 1. The summed E-state index contributed by atoms with van der Waals surface area (Å²) in [6, 6.07) is 11.6. The van der Waals surface area contributed by atoms with Crippen LogP contribution < -0.4 is 14.8 Å². The van der Waals surface area contributed by atoms with Gasteiger partial charge in [0.25, 0.3) is 5.91 Å². The fraction of sp³-hybridized carbons (Fsp3) is 0.300. The van der Waals surface area contributed by atoms with Crippen LogP contribution in [-0.4, -0.2) is 38.3 Å². The minimum atomic E-state index is -1.09. The van der Waals surface area contributed by atoms with Crippen molar-refractivity contribution in [3.63, 3.8) is 0 Å². The zero-order chi connectivity index (χ0) is 20.0.